The molecule has 0 amide bonds. The van der Waals surface area contributed by atoms with E-state index in [9.17, 15) is 0 Å². The number of alkyl halides is 2. The van der Waals surface area contributed by atoms with Gasteiger partial charge in [-0.3, -0.25) is 0 Å². The third-order valence-electron chi connectivity index (χ3n) is 0.338. The predicted octanol–water partition coefficient (Wildman–Crippen LogP) is 2.68. The summed E-state index contributed by atoms with van der Waals surface area (Å²) < 4.78 is 0.343. The summed E-state index contributed by atoms with van der Waals surface area (Å²) in [5.74, 6) is 0. The summed E-state index contributed by atoms with van der Waals surface area (Å²) in [5, 5.41) is 0. The second-order valence-corrected chi connectivity index (χ2v) is 4.06. The van der Waals surface area contributed by atoms with E-state index in [1.165, 1.54) is 0 Å². The summed E-state index contributed by atoms with van der Waals surface area (Å²) in [5.41, 5.74) is 0. The van der Waals surface area contributed by atoms with Crippen LogP contribution in [-0.2, 0) is 0 Å². The zero-order chi connectivity index (χ0) is 4.99. The molecule has 0 rings (SSSR count). The fourth-order valence-corrected chi connectivity index (χ4v) is 0.756. The first kappa shape index (κ1) is 6.70. The molecular formula is C4H6Br2. The second-order valence-electron chi connectivity index (χ2n) is 0.860. The molecular weight excluding hydrogens is 208 g/mol. The van der Waals surface area contributed by atoms with Gasteiger partial charge in [-0.15, -0.1) is 0 Å². The van der Waals surface area contributed by atoms with Crippen LogP contribution < -0.4 is 0 Å². The van der Waals surface area contributed by atoms with Gasteiger partial charge in [-0.1, -0.05) is 44.0 Å². The molecule has 0 saturated carbocycles. The Hall–Kier alpha value is 0.700. The van der Waals surface area contributed by atoms with Crippen LogP contribution in [0.5, 0.6) is 0 Å². The molecule has 2 heteroatoms. The van der Waals surface area contributed by atoms with E-state index in [0.29, 0.717) is 3.74 Å². The van der Waals surface area contributed by atoms with Crippen molar-refractivity contribution in [3.63, 3.8) is 0 Å². The van der Waals surface area contributed by atoms with Gasteiger partial charge < -0.3 is 0 Å². The molecule has 0 aliphatic carbocycles. The third-order valence-corrected chi connectivity index (χ3v) is 0.948. The van der Waals surface area contributed by atoms with Gasteiger partial charge in [-0.05, 0) is 6.92 Å². The van der Waals surface area contributed by atoms with Gasteiger partial charge in [0, 0.05) is 0 Å². The Morgan fingerprint density at radius 3 is 2.00 bits per heavy atom. The number of hydrogen-bond donors (Lipinski definition) is 0. The Morgan fingerprint density at radius 2 is 2.00 bits per heavy atom. The largest absolute Gasteiger partial charge is 0.0897 e. The first-order valence-electron chi connectivity index (χ1n) is 1.68. The van der Waals surface area contributed by atoms with Crippen molar-refractivity contribution in [2.24, 2.45) is 0 Å². The first-order chi connectivity index (χ1) is 2.77. The zero-order valence-electron chi connectivity index (χ0n) is 3.49. The van der Waals surface area contributed by atoms with Crippen molar-refractivity contribution in [2.45, 2.75) is 10.7 Å². The normalized spacial score (nSPS) is 11.3. The topological polar surface area (TPSA) is 0 Å². The number of rotatable bonds is 1. The van der Waals surface area contributed by atoms with Crippen LogP contribution in [0.1, 0.15) is 6.92 Å². The molecule has 0 spiro atoms. The van der Waals surface area contributed by atoms with E-state index < -0.39 is 0 Å². The maximum absolute atomic E-state index is 3.26. The van der Waals surface area contributed by atoms with Crippen LogP contribution in [0.3, 0.4) is 0 Å². The van der Waals surface area contributed by atoms with Gasteiger partial charge in [0.25, 0.3) is 0 Å². The van der Waals surface area contributed by atoms with Crippen LogP contribution in [0.4, 0.5) is 0 Å². The van der Waals surface area contributed by atoms with Crippen LogP contribution in [-0.4, -0.2) is 3.74 Å². The first-order valence-corrected chi connectivity index (χ1v) is 3.51. The Balaban J connectivity index is 3.03. The van der Waals surface area contributed by atoms with Gasteiger partial charge in [0.1, 0.15) is 0 Å². The van der Waals surface area contributed by atoms with E-state index in [-0.39, 0.29) is 0 Å². The lowest BCUT2D eigenvalue weighted by Crippen LogP contribution is -1.68. The molecule has 0 N–H and O–H groups in total. The van der Waals surface area contributed by atoms with Crippen molar-refractivity contribution in [1.29, 1.82) is 0 Å². The highest BCUT2D eigenvalue weighted by Gasteiger charge is 1.81. The second kappa shape index (κ2) is 3.88. The Kier molecular flexibility index (Phi) is 4.33. The molecule has 0 radical (unpaired) electrons. The van der Waals surface area contributed by atoms with Crippen molar-refractivity contribution >= 4 is 31.9 Å². The smallest absolute Gasteiger partial charge is 0.0877 e. The van der Waals surface area contributed by atoms with E-state index in [4.69, 9.17) is 0 Å². The Morgan fingerprint density at radius 1 is 1.50 bits per heavy atom. The molecule has 0 atom stereocenters. The Bertz CT molecular complexity index is 47.5. The molecule has 0 unspecified atom stereocenters. The molecule has 0 aromatic heterocycles. The van der Waals surface area contributed by atoms with Crippen molar-refractivity contribution in [2.75, 3.05) is 0 Å². The van der Waals surface area contributed by atoms with Gasteiger partial charge >= 0.3 is 0 Å². The summed E-state index contributed by atoms with van der Waals surface area (Å²) >= 11 is 6.53. The number of allylic oxidation sites excluding steroid dienone is 2. The average Bonchev–Trinajstić information content (AvgIpc) is 1.35. The minimum atomic E-state index is 0.343. The molecule has 0 saturated heterocycles. The average molecular weight is 214 g/mol. The summed E-state index contributed by atoms with van der Waals surface area (Å²) in [7, 11) is 0. The molecule has 0 aliphatic heterocycles. The SMILES string of the molecule is C/C=C/C(Br)Br. The van der Waals surface area contributed by atoms with Crippen molar-refractivity contribution < 1.29 is 0 Å². The maximum Gasteiger partial charge on any atom is 0.0877 e. The van der Waals surface area contributed by atoms with Gasteiger partial charge in [0.2, 0.25) is 0 Å². The lowest BCUT2D eigenvalue weighted by atomic mass is 10.6. The highest BCUT2D eigenvalue weighted by Crippen LogP contribution is 2.07. The van der Waals surface area contributed by atoms with Gasteiger partial charge in [0.05, 0.1) is 3.74 Å². The van der Waals surface area contributed by atoms with Crippen LogP contribution >= 0.6 is 31.9 Å². The summed E-state index contributed by atoms with van der Waals surface area (Å²) in [4.78, 5) is 0. The van der Waals surface area contributed by atoms with Crippen LogP contribution in [0.25, 0.3) is 0 Å². The monoisotopic (exact) mass is 212 g/mol. The zero-order valence-corrected chi connectivity index (χ0v) is 6.66. The predicted molar refractivity (Wildman–Crippen MR) is 36.5 cm³/mol. The van der Waals surface area contributed by atoms with E-state index in [1.54, 1.807) is 0 Å². The summed E-state index contributed by atoms with van der Waals surface area (Å²) in [6.45, 7) is 1.98. The number of halogens is 2. The molecule has 0 aliphatic rings. The fraction of sp³-hybridized carbons (Fsp3) is 0.500. The van der Waals surface area contributed by atoms with Crippen molar-refractivity contribution in [3.05, 3.63) is 12.2 Å². The number of hydrogen-bond acceptors (Lipinski definition) is 0. The molecule has 6 heavy (non-hydrogen) atoms. The molecule has 0 heterocycles. The quantitative estimate of drug-likeness (QED) is 0.464. The van der Waals surface area contributed by atoms with Gasteiger partial charge in [-0.2, -0.15) is 0 Å². The molecule has 0 fully saturated rings. The summed E-state index contributed by atoms with van der Waals surface area (Å²) in [6, 6.07) is 0. The van der Waals surface area contributed by atoms with Crippen LogP contribution in [0.2, 0.25) is 0 Å². The van der Waals surface area contributed by atoms with Crippen LogP contribution in [0, 0.1) is 0 Å². The van der Waals surface area contributed by atoms with Crippen molar-refractivity contribution in [3.8, 4) is 0 Å². The van der Waals surface area contributed by atoms with E-state index in [1.807, 2.05) is 19.1 Å². The highest BCUT2D eigenvalue weighted by atomic mass is 79.9. The van der Waals surface area contributed by atoms with E-state index in [0.717, 1.165) is 0 Å². The van der Waals surface area contributed by atoms with Gasteiger partial charge in [0.15, 0.2) is 0 Å². The van der Waals surface area contributed by atoms with Crippen LogP contribution in [0.15, 0.2) is 12.2 Å². The Labute approximate surface area is 54.9 Å². The van der Waals surface area contributed by atoms with E-state index >= 15 is 0 Å². The van der Waals surface area contributed by atoms with Gasteiger partial charge in [-0.25, -0.2) is 0 Å². The maximum atomic E-state index is 3.26. The molecule has 36 valence electrons. The lowest BCUT2D eigenvalue weighted by Gasteiger charge is -1.81. The molecule has 0 nitrogen and oxygen atoms in total. The van der Waals surface area contributed by atoms with E-state index in [2.05, 4.69) is 31.9 Å². The minimum Gasteiger partial charge on any atom is -0.0897 e. The highest BCUT2D eigenvalue weighted by molar-refractivity contribution is 9.24. The minimum absolute atomic E-state index is 0.343. The fourth-order valence-electron chi connectivity index (χ4n) is 0.145. The third kappa shape index (κ3) is 4.70. The summed E-state index contributed by atoms with van der Waals surface area (Å²) in [6.07, 6.45) is 3.98. The van der Waals surface area contributed by atoms with Crippen molar-refractivity contribution in [1.82, 2.24) is 0 Å². The standard InChI is InChI=1S/C4H6Br2/c1-2-3-4(5)6/h2-4H,1H3/b3-2+. The molecule has 0 bridgehead atoms. The molecule has 0 aromatic rings. The lowest BCUT2D eigenvalue weighted by molar-refractivity contribution is 1.63. The molecule has 0 aromatic carbocycles.